The van der Waals surface area contributed by atoms with Gasteiger partial charge in [0.25, 0.3) is 11.5 Å². The van der Waals surface area contributed by atoms with Crippen molar-refractivity contribution in [3.05, 3.63) is 28.0 Å². The van der Waals surface area contributed by atoms with Crippen molar-refractivity contribution in [2.75, 3.05) is 59.2 Å². The summed E-state index contributed by atoms with van der Waals surface area (Å²) < 4.78 is 36.5. The summed E-state index contributed by atoms with van der Waals surface area (Å²) in [7, 11) is -1.63. The van der Waals surface area contributed by atoms with E-state index in [1.807, 2.05) is 0 Å². The van der Waals surface area contributed by atoms with Crippen LogP contribution in [-0.2, 0) is 21.3 Å². The van der Waals surface area contributed by atoms with Crippen LogP contribution in [0.2, 0.25) is 0 Å². The Kier molecular flexibility index (Phi) is 6.91. The molecule has 0 aliphatic carbocycles. The number of fused-ring (bicyclic) bond motifs is 1. The smallest absolute Gasteiger partial charge is 0.265 e. The molecule has 11 nitrogen and oxygen atoms in total. The molecule has 2 aromatic rings. The molecule has 0 saturated carbocycles. The number of nitrogens with one attached hydrogen (secondary N) is 1. The summed E-state index contributed by atoms with van der Waals surface area (Å²) >= 11 is 0. The highest BCUT2D eigenvalue weighted by atomic mass is 32.2. The number of methoxy groups -OCH3 is 1. The van der Waals surface area contributed by atoms with Crippen LogP contribution < -0.4 is 10.9 Å². The zero-order valence-corrected chi connectivity index (χ0v) is 18.2. The molecule has 1 aliphatic heterocycles. The van der Waals surface area contributed by atoms with Crippen molar-refractivity contribution in [2.24, 2.45) is 0 Å². The summed E-state index contributed by atoms with van der Waals surface area (Å²) in [6, 6.07) is 0. The average molecular weight is 442 g/mol. The van der Waals surface area contributed by atoms with Crippen LogP contribution in [0.5, 0.6) is 0 Å². The van der Waals surface area contributed by atoms with Crippen LogP contribution in [-0.4, -0.2) is 92.3 Å². The fourth-order valence-corrected chi connectivity index (χ4v) is 4.29. The zero-order chi connectivity index (χ0) is 21.9. The lowest BCUT2D eigenvalue weighted by atomic mass is 10.2. The van der Waals surface area contributed by atoms with Crippen LogP contribution in [0.15, 0.2) is 15.5 Å². The molecule has 1 aliphatic rings. The minimum atomic E-state index is -3.17. The number of ether oxygens (including phenoxy) is 1. The van der Waals surface area contributed by atoms with Crippen LogP contribution in [0, 0.1) is 6.92 Å². The lowest BCUT2D eigenvalue weighted by Gasteiger charge is -2.33. The Morgan fingerprint density at radius 1 is 1.27 bits per heavy atom. The molecule has 0 bridgehead atoms. The third kappa shape index (κ3) is 4.89. The van der Waals surface area contributed by atoms with Gasteiger partial charge in [-0.1, -0.05) is 0 Å². The molecule has 0 aromatic carbocycles. The second kappa shape index (κ2) is 9.25. The van der Waals surface area contributed by atoms with Gasteiger partial charge in [-0.2, -0.15) is 4.31 Å². The first-order valence-corrected chi connectivity index (χ1v) is 11.5. The van der Waals surface area contributed by atoms with Crippen LogP contribution in [0.4, 0.5) is 0 Å². The van der Waals surface area contributed by atoms with Gasteiger partial charge in [-0.25, -0.2) is 13.4 Å². The van der Waals surface area contributed by atoms with Gasteiger partial charge in [-0.15, -0.1) is 0 Å². The Bertz CT molecular complexity index is 1070. The number of rotatable bonds is 8. The molecule has 166 valence electrons. The van der Waals surface area contributed by atoms with E-state index in [2.05, 4.69) is 15.2 Å². The number of carbonyl (C=O) groups excluding carboxylic acids is 1. The summed E-state index contributed by atoms with van der Waals surface area (Å²) in [6.45, 7) is 5.31. The number of aromatic nitrogens is 2. The molecule has 1 saturated heterocycles. The Balaban J connectivity index is 1.64. The van der Waals surface area contributed by atoms with E-state index >= 15 is 0 Å². The maximum atomic E-state index is 12.8. The van der Waals surface area contributed by atoms with Gasteiger partial charge in [0.15, 0.2) is 0 Å². The van der Waals surface area contributed by atoms with Crippen LogP contribution in [0.1, 0.15) is 16.1 Å². The lowest BCUT2D eigenvalue weighted by Crippen LogP contribution is -2.49. The SMILES string of the molecule is COCCn1cnc2oc(C)c(C(=O)NCCN3CCN(S(C)(=O)=O)CC3)c2c1=O. The first-order chi connectivity index (χ1) is 14.2. The fraction of sp³-hybridized carbons (Fsp3) is 0.611. The maximum Gasteiger partial charge on any atom is 0.265 e. The van der Waals surface area contributed by atoms with Crippen LogP contribution in [0.3, 0.4) is 0 Å². The van der Waals surface area contributed by atoms with E-state index in [0.29, 0.717) is 58.2 Å². The highest BCUT2D eigenvalue weighted by Crippen LogP contribution is 2.20. The molecular formula is C18H27N5O6S. The average Bonchev–Trinajstić information content (AvgIpc) is 3.04. The number of hydrogen-bond acceptors (Lipinski definition) is 8. The summed E-state index contributed by atoms with van der Waals surface area (Å²) in [4.78, 5) is 31.8. The Hall–Kier alpha value is -2.28. The molecule has 1 amide bonds. The van der Waals surface area contributed by atoms with Gasteiger partial charge in [0.1, 0.15) is 17.5 Å². The molecule has 0 unspecified atom stereocenters. The molecule has 0 spiro atoms. The maximum absolute atomic E-state index is 12.8. The van der Waals surface area contributed by atoms with E-state index in [1.54, 1.807) is 14.0 Å². The normalized spacial score (nSPS) is 16.2. The minimum Gasteiger partial charge on any atom is -0.442 e. The molecule has 1 N–H and O–H groups in total. The summed E-state index contributed by atoms with van der Waals surface area (Å²) in [5, 5.41) is 2.98. The Morgan fingerprint density at radius 3 is 2.60 bits per heavy atom. The van der Waals surface area contributed by atoms with E-state index in [-0.39, 0.29) is 22.2 Å². The summed E-state index contributed by atoms with van der Waals surface area (Å²) in [5.41, 5.74) is -0.0275. The summed E-state index contributed by atoms with van der Waals surface area (Å²) in [5.74, 6) is -0.0669. The van der Waals surface area contributed by atoms with Gasteiger partial charge in [-0.3, -0.25) is 19.1 Å². The predicted octanol–water partition coefficient (Wildman–Crippen LogP) is -0.749. The van der Waals surface area contributed by atoms with E-state index in [0.717, 1.165) is 0 Å². The van der Waals surface area contributed by atoms with Crippen LogP contribution in [0.25, 0.3) is 11.1 Å². The largest absolute Gasteiger partial charge is 0.442 e. The number of nitrogens with zero attached hydrogens (tertiary/aromatic N) is 4. The third-order valence-electron chi connectivity index (χ3n) is 5.13. The van der Waals surface area contributed by atoms with Gasteiger partial charge in [0, 0.05) is 46.4 Å². The highest BCUT2D eigenvalue weighted by Gasteiger charge is 2.25. The second-order valence-corrected chi connectivity index (χ2v) is 9.19. The van der Waals surface area contributed by atoms with Gasteiger partial charge in [0.2, 0.25) is 15.7 Å². The van der Waals surface area contributed by atoms with Crippen molar-refractivity contribution in [3.8, 4) is 0 Å². The van der Waals surface area contributed by atoms with Gasteiger partial charge in [-0.05, 0) is 6.92 Å². The van der Waals surface area contributed by atoms with Crippen molar-refractivity contribution in [1.82, 2.24) is 24.1 Å². The second-order valence-electron chi connectivity index (χ2n) is 7.21. The van der Waals surface area contributed by atoms with Crippen molar-refractivity contribution < 1.29 is 22.4 Å². The van der Waals surface area contributed by atoms with E-state index < -0.39 is 15.9 Å². The lowest BCUT2D eigenvalue weighted by molar-refractivity contribution is 0.0945. The molecule has 0 atom stereocenters. The van der Waals surface area contributed by atoms with Gasteiger partial charge < -0.3 is 14.5 Å². The quantitative estimate of drug-likeness (QED) is 0.567. The molecule has 30 heavy (non-hydrogen) atoms. The highest BCUT2D eigenvalue weighted by molar-refractivity contribution is 7.88. The third-order valence-corrected chi connectivity index (χ3v) is 6.44. The van der Waals surface area contributed by atoms with Crippen molar-refractivity contribution in [3.63, 3.8) is 0 Å². The molecular weight excluding hydrogens is 414 g/mol. The molecule has 1 fully saturated rings. The number of sulfonamides is 1. The van der Waals surface area contributed by atoms with E-state index in [9.17, 15) is 18.0 Å². The molecule has 12 heteroatoms. The van der Waals surface area contributed by atoms with Crippen molar-refractivity contribution in [1.29, 1.82) is 0 Å². The molecule has 0 radical (unpaired) electrons. The van der Waals surface area contributed by atoms with Crippen molar-refractivity contribution in [2.45, 2.75) is 13.5 Å². The summed E-state index contributed by atoms with van der Waals surface area (Å²) in [6.07, 6.45) is 2.59. The number of amides is 1. The van der Waals surface area contributed by atoms with Gasteiger partial charge in [0.05, 0.1) is 25.0 Å². The Morgan fingerprint density at radius 2 is 1.97 bits per heavy atom. The number of aryl methyl sites for hydroxylation is 1. The van der Waals surface area contributed by atoms with Crippen molar-refractivity contribution >= 4 is 27.0 Å². The zero-order valence-electron chi connectivity index (χ0n) is 17.4. The first kappa shape index (κ1) is 22.4. The number of hydrogen-bond donors (Lipinski definition) is 1. The molecule has 3 heterocycles. The van der Waals surface area contributed by atoms with Gasteiger partial charge >= 0.3 is 0 Å². The standard InChI is InChI=1S/C18H27N5O6S/c1-13-14(15-17(29-13)20-12-22(18(15)25)10-11-28-2)16(24)19-4-5-21-6-8-23(9-7-21)30(3,26)27/h12H,4-11H2,1-3H3,(H,19,24). The number of piperazine rings is 1. The topological polar surface area (TPSA) is 127 Å². The molecule has 3 rings (SSSR count). The minimum absolute atomic E-state index is 0.133. The predicted molar refractivity (Wildman–Crippen MR) is 110 cm³/mol. The van der Waals surface area contributed by atoms with E-state index in [4.69, 9.17) is 9.15 Å². The molecule has 2 aromatic heterocycles. The number of furan rings is 1. The first-order valence-electron chi connectivity index (χ1n) is 9.65. The monoisotopic (exact) mass is 441 g/mol. The Labute approximate surface area is 174 Å². The van der Waals surface area contributed by atoms with Crippen LogP contribution >= 0.6 is 0 Å². The van der Waals surface area contributed by atoms with E-state index in [1.165, 1.54) is 21.5 Å². The fourth-order valence-electron chi connectivity index (χ4n) is 3.46. The number of carbonyl (C=O) groups is 1.